The van der Waals surface area contributed by atoms with Crippen molar-refractivity contribution in [2.45, 2.75) is 19.8 Å². The van der Waals surface area contributed by atoms with Crippen LogP contribution in [-0.4, -0.2) is 28.0 Å². The lowest BCUT2D eigenvalue weighted by Gasteiger charge is -2.13. The highest BCUT2D eigenvalue weighted by atomic mass is 16.7. The van der Waals surface area contributed by atoms with Crippen molar-refractivity contribution in [3.05, 3.63) is 36.0 Å². The molecule has 1 aromatic heterocycles. The highest BCUT2D eigenvalue weighted by Gasteiger charge is 2.32. The van der Waals surface area contributed by atoms with Crippen LogP contribution in [0.3, 0.4) is 0 Å². The van der Waals surface area contributed by atoms with E-state index in [0.29, 0.717) is 10.8 Å². The molecule has 1 aromatic carbocycles. The lowest BCUT2D eigenvalue weighted by Crippen LogP contribution is -2.33. The van der Waals surface area contributed by atoms with Crippen LogP contribution < -0.4 is 5.32 Å². The number of carbonyl (C=O) groups excluding carboxylic acids is 3. The monoisotopic (exact) mass is 299 g/mol. The first-order chi connectivity index (χ1) is 10.5. The molecule has 1 aliphatic heterocycles. The number of pyridine rings is 1. The first kappa shape index (κ1) is 14.0. The molecule has 3 amide bonds. The second kappa shape index (κ2) is 5.44. The highest BCUT2D eigenvalue weighted by molar-refractivity contribution is 6.02. The molecule has 3 rings (SSSR count). The van der Waals surface area contributed by atoms with Crippen LogP contribution >= 0.6 is 0 Å². The Balaban J connectivity index is 1.75. The van der Waals surface area contributed by atoms with Gasteiger partial charge in [-0.1, -0.05) is 0 Å². The van der Waals surface area contributed by atoms with E-state index >= 15 is 0 Å². The number of benzene rings is 1. The SMILES string of the molecule is Cc1ccnc2ccc(NC(=O)ON3C(=O)CCC3=O)cc12. The van der Waals surface area contributed by atoms with Gasteiger partial charge in [0.25, 0.3) is 11.8 Å². The number of nitrogens with one attached hydrogen (secondary N) is 1. The zero-order valence-corrected chi connectivity index (χ0v) is 11.8. The average molecular weight is 299 g/mol. The minimum Gasteiger partial charge on any atom is -0.311 e. The zero-order valence-electron chi connectivity index (χ0n) is 11.8. The van der Waals surface area contributed by atoms with Crippen molar-refractivity contribution in [1.82, 2.24) is 10.0 Å². The number of fused-ring (bicyclic) bond motifs is 1. The number of amides is 3. The quantitative estimate of drug-likeness (QED) is 0.858. The van der Waals surface area contributed by atoms with E-state index in [0.717, 1.165) is 16.5 Å². The third-order valence-corrected chi connectivity index (χ3v) is 3.39. The molecule has 22 heavy (non-hydrogen) atoms. The fourth-order valence-electron chi connectivity index (χ4n) is 2.24. The number of hydrogen-bond acceptors (Lipinski definition) is 5. The van der Waals surface area contributed by atoms with Crippen molar-refractivity contribution >= 4 is 34.5 Å². The molecular formula is C15H13N3O4. The van der Waals surface area contributed by atoms with Gasteiger partial charge in [0.2, 0.25) is 0 Å². The Morgan fingerprint density at radius 1 is 1.23 bits per heavy atom. The molecule has 7 nitrogen and oxygen atoms in total. The van der Waals surface area contributed by atoms with Crippen LogP contribution in [0.2, 0.25) is 0 Å². The molecule has 0 saturated carbocycles. The molecule has 0 aliphatic carbocycles. The molecule has 0 spiro atoms. The van der Waals surface area contributed by atoms with Crippen molar-refractivity contribution in [3.63, 3.8) is 0 Å². The van der Waals surface area contributed by atoms with Gasteiger partial charge in [0.15, 0.2) is 0 Å². The summed E-state index contributed by atoms with van der Waals surface area (Å²) in [5, 5.41) is 3.89. The molecule has 7 heteroatoms. The Morgan fingerprint density at radius 3 is 2.68 bits per heavy atom. The topological polar surface area (TPSA) is 88.6 Å². The van der Waals surface area contributed by atoms with Gasteiger partial charge >= 0.3 is 6.09 Å². The molecule has 1 fully saturated rings. The molecule has 0 radical (unpaired) electrons. The number of hydrogen-bond donors (Lipinski definition) is 1. The van der Waals surface area contributed by atoms with Crippen molar-refractivity contribution in [2.24, 2.45) is 0 Å². The van der Waals surface area contributed by atoms with E-state index in [1.54, 1.807) is 24.4 Å². The Labute approximate surface area is 125 Å². The van der Waals surface area contributed by atoms with Gasteiger partial charge in [-0.2, -0.15) is 0 Å². The van der Waals surface area contributed by atoms with E-state index in [-0.39, 0.29) is 12.8 Å². The summed E-state index contributed by atoms with van der Waals surface area (Å²) in [4.78, 5) is 43.5. The second-order valence-corrected chi connectivity index (χ2v) is 4.95. The molecule has 0 unspecified atom stereocenters. The third-order valence-electron chi connectivity index (χ3n) is 3.39. The molecular weight excluding hydrogens is 286 g/mol. The first-order valence-corrected chi connectivity index (χ1v) is 6.75. The smallest absolute Gasteiger partial charge is 0.311 e. The highest BCUT2D eigenvalue weighted by Crippen LogP contribution is 2.21. The van der Waals surface area contributed by atoms with E-state index in [1.807, 2.05) is 13.0 Å². The van der Waals surface area contributed by atoms with E-state index in [2.05, 4.69) is 10.3 Å². The fraction of sp³-hybridized carbons (Fsp3) is 0.200. The van der Waals surface area contributed by atoms with Crippen LogP contribution in [0.4, 0.5) is 10.5 Å². The van der Waals surface area contributed by atoms with Crippen LogP contribution in [0.1, 0.15) is 18.4 Å². The first-order valence-electron chi connectivity index (χ1n) is 6.75. The summed E-state index contributed by atoms with van der Waals surface area (Å²) in [7, 11) is 0. The van der Waals surface area contributed by atoms with E-state index in [1.165, 1.54) is 0 Å². The van der Waals surface area contributed by atoms with Crippen LogP contribution in [0, 0.1) is 6.92 Å². The lowest BCUT2D eigenvalue weighted by atomic mass is 10.1. The van der Waals surface area contributed by atoms with Gasteiger partial charge in [0.05, 0.1) is 5.52 Å². The molecule has 1 N–H and O–H groups in total. The number of carbonyl (C=O) groups is 3. The van der Waals surface area contributed by atoms with Crippen molar-refractivity contribution in [3.8, 4) is 0 Å². The molecule has 1 saturated heterocycles. The van der Waals surface area contributed by atoms with E-state index in [9.17, 15) is 14.4 Å². The molecule has 0 atom stereocenters. The summed E-state index contributed by atoms with van der Waals surface area (Å²) in [5.74, 6) is -1.03. The Kier molecular flexibility index (Phi) is 3.46. The van der Waals surface area contributed by atoms with Gasteiger partial charge in [-0.25, -0.2) is 4.79 Å². The molecule has 2 aromatic rings. The molecule has 2 heterocycles. The second-order valence-electron chi connectivity index (χ2n) is 4.95. The number of hydroxylamine groups is 2. The van der Waals surface area contributed by atoms with E-state index in [4.69, 9.17) is 4.84 Å². The van der Waals surface area contributed by atoms with Gasteiger partial charge in [-0.3, -0.25) is 19.9 Å². The zero-order chi connectivity index (χ0) is 15.7. The standard InChI is InChI=1S/C15H13N3O4/c1-9-6-7-16-12-3-2-10(8-11(9)12)17-15(21)22-18-13(19)4-5-14(18)20/h2-3,6-8H,4-5H2,1H3,(H,17,21). The molecule has 0 bridgehead atoms. The van der Waals surface area contributed by atoms with Crippen molar-refractivity contribution in [2.75, 3.05) is 5.32 Å². The summed E-state index contributed by atoms with van der Waals surface area (Å²) in [6.45, 7) is 1.94. The van der Waals surface area contributed by atoms with Crippen LogP contribution in [0.25, 0.3) is 10.9 Å². The van der Waals surface area contributed by atoms with Gasteiger partial charge in [-0.05, 0) is 36.8 Å². The Hall–Kier alpha value is -2.96. The maximum Gasteiger partial charge on any atom is 0.436 e. The molecule has 112 valence electrons. The lowest BCUT2D eigenvalue weighted by molar-refractivity contribution is -0.170. The Bertz CT molecular complexity index is 771. The summed E-state index contributed by atoms with van der Waals surface area (Å²) in [6.07, 6.45) is 0.952. The maximum absolute atomic E-state index is 11.8. The number of aryl methyl sites for hydroxylation is 1. The van der Waals surface area contributed by atoms with Crippen LogP contribution in [0.5, 0.6) is 0 Å². The number of nitrogens with zero attached hydrogens (tertiary/aromatic N) is 2. The number of anilines is 1. The van der Waals surface area contributed by atoms with Crippen LogP contribution in [-0.2, 0) is 14.4 Å². The third kappa shape index (κ3) is 2.60. The maximum atomic E-state index is 11.8. The largest absolute Gasteiger partial charge is 0.436 e. The van der Waals surface area contributed by atoms with Gasteiger partial charge in [0.1, 0.15) is 0 Å². The van der Waals surface area contributed by atoms with Gasteiger partial charge in [-0.15, -0.1) is 5.06 Å². The number of aromatic nitrogens is 1. The Morgan fingerprint density at radius 2 is 1.95 bits per heavy atom. The molecule has 1 aliphatic rings. The summed E-state index contributed by atoms with van der Waals surface area (Å²) in [6, 6.07) is 7.06. The summed E-state index contributed by atoms with van der Waals surface area (Å²) >= 11 is 0. The predicted molar refractivity (Wildman–Crippen MR) is 77.7 cm³/mol. The van der Waals surface area contributed by atoms with E-state index < -0.39 is 17.9 Å². The van der Waals surface area contributed by atoms with Crippen molar-refractivity contribution in [1.29, 1.82) is 0 Å². The minimum absolute atomic E-state index is 0.0625. The van der Waals surface area contributed by atoms with Crippen molar-refractivity contribution < 1.29 is 19.2 Å². The average Bonchev–Trinajstić information content (AvgIpc) is 2.80. The predicted octanol–water partition coefficient (Wildman–Crippen LogP) is 2.16. The van der Waals surface area contributed by atoms with Crippen LogP contribution in [0.15, 0.2) is 30.5 Å². The van der Waals surface area contributed by atoms with Gasteiger partial charge < -0.3 is 4.84 Å². The number of imide groups is 1. The summed E-state index contributed by atoms with van der Waals surface area (Å²) in [5.41, 5.74) is 2.32. The normalized spacial score (nSPS) is 14.5. The fourth-order valence-corrected chi connectivity index (χ4v) is 2.24. The number of rotatable bonds is 2. The summed E-state index contributed by atoms with van der Waals surface area (Å²) < 4.78 is 0. The minimum atomic E-state index is -0.885. The van der Waals surface area contributed by atoms with Gasteiger partial charge in [0, 0.05) is 30.1 Å².